The van der Waals surface area contributed by atoms with Crippen LogP contribution in [0.25, 0.3) is 0 Å². The van der Waals surface area contributed by atoms with Gasteiger partial charge >= 0.3 is 0 Å². The van der Waals surface area contributed by atoms with Gasteiger partial charge in [0, 0.05) is 24.1 Å². The molecule has 5 heteroatoms. The summed E-state index contributed by atoms with van der Waals surface area (Å²) in [5.41, 5.74) is 2.05. The molecule has 0 amide bonds. The molecular formula is C15H19BrFNOS. The Morgan fingerprint density at radius 1 is 1.50 bits per heavy atom. The van der Waals surface area contributed by atoms with E-state index in [2.05, 4.69) is 21.2 Å². The summed E-state index contributed by atoms with van der Waals surface area (Å²) < 4.78 is 20.0. The van der Waals surface area contributed by atoms with Crippen molar-refractivity contribution in [2.45, 2.75) is 37.8 Å². The molecule has 110 valence electrons. The number of hydrogen-bond donors (Lipinski definition) is 1. The SMILES string of the molecule is Cc1cc(F)c(Br)cc1NC1CCOC2(CCSC2)C1. The van der Waals surface area contributed by atoms with Crippen LogP contribution in [-0.4, -0.2) is 29.8 Å². The summed E-state index contributed by atoms with van der Waals surface area (Å²) in [6, 6.07) is 3.84. The highest BCUT2D eigenvalue weighted by atomic mass is 79.9. The van der Waals surface area contributed by atoms with Crippen LogP contribution in [0.3, 0.4) is 0 Å². The van der Waals surface area contributed by atoms with E-state index in [9.17, 15) is 4.39 Å². The van der Waals surface area contributed by atoms with Crippen LogP contribution in [0.4, 0.5) is 10.1 Å². The smallest absolute Gasteiger partial charge is 0.137 e. The van der Waals surface area contributed by atoms with Crippen LogP contribution in [-0.2, 0) is 4.74 Å². The minimum Gasteiger partial charge on any atom is -0.382 e. The van der Waals surface area contributed by atoms with E-state index in [0.717, 1.165) is 42.9 Å². The number of hydrogen-bond acceptors (Lipinski definition) is 3. The van der Waals surface area contributed by atoms with Crippen LogP contribution in [0, 0.1) is 12.7 Å². The molecule has 1 aromatic carbocycles. The van der Waals surface area contributed by atoms with Crippen molar-refractivity contribution >= 4 is 33.4 Å². The van der Waals surface area contributed by atoms with Gasteiger partial charge in [-0.25, -0.2) is 4.39 Å². The molecule has 2 atom stereocenters. The number of aryl methyl sites for hydroxylation is 1. The van der Waals surface area contributed by atoms with Gasteiger partial charge in [-0.1, -0.05) is 0 Å². The number of benzene rings is 1. The summed E-state index contributed by atoms with van der Waals surface area (Å²) in [4.78, 5) is 0. The van der Waals surface area contributed by atoms with Crippen LogP contribution < -0.4 is 5.32 Å². The molecule has 20 heavy (non-hydrogen) atoms. The first-order chi connectivity index (χ1) is 9.58. The molecule has 0 aromatic heterocycles. The molecule has 3 rings (SSSR count). The highest BCUT2D eigenvalue weighted by molar-refractivity contribution is 9.10. The summed E-state index contributed by atoms with van der Waals surface area (Å²) >= 11 is 5.25. The Bertz CT molecular complexity index is 505. The van der Waals surface area contributed by atoms with Gasteiger partial charge in [-0.15, -0.1) is 0 Å². The van der Waals surface area contributed by atoms with Crippen molar-refractivity contribution in [3.8, 4) is 0 Å². The van der Waals surface area contributed by atoms with E-state index in [1.165, 1.54) is 5.75 Å². The zero-order valence-corrected chi connectivity index (χ0v) is 13.9. The number of ether oxygens (including phenoxy) is 1. The van der Waals surface area contributed by atoms with Gasteiger partial charge in [-0.05, 0) is 65.6 Å². The lowest BCUT2D eigenvalue weighted by Gasteiger charge is -2.38. The lowest BCUT2D eigenvalue weighted by Crippen LogP contribution is -2.44. The zero-order chi connectivity index (χ0) is 14.2. The quantitative estimate of drug-likeness (QED) is 0.847. The van der Waals surface area contributed by atoms with Crippen LogP contribution in [0.1, 0.15) is 24.8 Å². The second kappa shape index (κ2) is 5.85. The van der Waals surface area contributed by atoms with Crippen molar-refractivity contribution < 1.29 is 9.13 Å². The standard InChI is InChI=1S/C15H19BrFNOS/c1-10-6-13(17)12(16)7-14(10)18-11-2-4-19-15(8-11)3-5-20-9-15/h6-7,11,18H,2-5,8-9H2,1H3. The molecule has 2 saturated heterocycles. The molecule has 0 saturated carbocycles. The molecule has 0 bridgehead atoms. The van der Waals surface area contributed by atoms with Gasteiger partial charge < -0.3 is 10.1 Å². The van der Waals surface area contributed by atoms with Crippen molar-refractivity contribution in [2.75, 3.05) is 23.4 Å². The topological polar surface area (TPSA) is 21.3 Å². The predicted octanol–water partition coefficient (Wildman–Crippen LogP) is 4.36. The van der Waals surface area contributed by atoms with Crippen molar-refractivity contribution in [1.29, 1.82) is 0 Å². The lowest BCUT2D eigenvalue weighted by molar-refractivity contribution is -0.0628. The Morgan fingerprint density at radius 3 is 3.10 bits per heavy atom. The minimum absolute atomic E-state index is 0.0751. The molecular weight excluding hydrogens is 341 g/mol. The number of anilines is 1. The number of halogens is 2. The number of rotatable bonds is 2. The summed E-state index contributed by atoms with van der Waals surface area (Å²) in [5, 5.41) is 3.58. The average Bonchev–Trinajstić information content (AvgIpc) is 2.84. The van der Waals surface area contributed by atoms with E-state index in [4.69, 9.17) is 4.74 Å². The van der Waals surface area contributed by atoms with E-state index in [1.54, 1.807) is 6.07 Å². The van der Waals surface area contributed by atoms with Crippen molar-refractivity contribution in [2.24, 2.45) is 0 Å². The maximum absolute atomic E-state index is 13.5. The third kappa shape index (κ3) is 3.00. The van der Waals surface area contributed by atoms with Crippen LogP contribution >= 0.6 is 27.7 Å². The molecule has 1 aromatic rings. The van der Waals surface area contributed by atoms with E-state index >= 15 is 0 Å². The van der Waals surface area contributed by atoms with Gasteiger partial charge in [0.25, 0.3) is 0 Å². The van der Waals surface area contributed by atoms with E-state index in [1.807, 2.05) is 24.8 Å². The second-order valence-corrected chi connectivity index (χ2v) is 7.71. The third-order valence-corrected chi connectivity index (χ3v) is 6.02. The Labute approximate surface area is 132 Å². The summed E-state index contributed by atoms with van der Waals surface area (Å²) in [5.74, 6) is 2.11. The maximum atomic E-state index is 13.5. The van der Waals surface area contributed by atoms with Crippen molar-refractivity contribution in [1.82, 2.24) is 0 Å². The van der Waals surface area contributed by atoms with Gasteiger partial charge in [0.15, 0.2) is 0 Å². The highest BCUT2D eigenvalue weighted by Gasteiger charge is 2.40. The Balaban J connectivity index is 1.73. The summed E-state index contributed by atoms with van der Waals surface area (Å²) in [6.45, 7) is 2.76. The minimum atomic E-state index is -0.205. The fraction of sp³-hybridized carbons (Fsp3) is 0.600. The first kappa shape index (κ1) is 14.7. The molecule has 0 aliphatic carbocycles. The van der Waals surface area contributed by atoms with Gasteiger partial charge in [0.05, 0.1) is 10.1 Å². The second-order valence-electron chi connectivity index (χ2n) is 5.75. The van der Waals surface area contributed by atoms with Crippen molar-refractivity contribution in [3.05, 3.63) is 28.0 Å². The Hall–Kier alpha value is -0.260. The first-order valence-electron chi connectivity index (χ1n) is 7.02. The molecule has 2 nitrogen and oxygen atoms in total. The number of nitrogens with one attached hydrogen (secondary N) is 1. The molecule has 2 heterocycles. The normalized spacial score (nSPS) is 29.9. The monoisotopic (exact) mass is 359 g/mol. The molecule has 1 N–H and O–H groups in total. The average molecular weight is 360 g/mol. The highest BCUT2D eigenvalue weighted by Crippen LogP contribution is 2.39. The fourth-order valence-corrected chi connectivity index (χ4v) is 4.76. The van der Waals surface area contributed by atoms with Gasteiger partial charge in [-0.3, -0.25) is 0 Å². The molecule has 2 unspecified atom stereocenters. The first-order valence-corrected chi connectivity index (χ1v) is 8.97. The molecule has 0 radical (unpaired) electrons. The van der Waals surface area contributed by atoms with Crippen LogP contribution in [0.15, 0.2) is 16.6 Å². The van der Waals surface area contributed by atoms with Gasteiger partial charge in [-0.2, -0.15) is 11.8 Å². The molecule has 1 spiro atoms. The van der Waals surface area contributed by atoms with Gasteiger partial charge in [0.2, 0.25) is 0 Å². The third-order valence-electron chi connectivity index (χ3n) is 4.19. The zero-order valence-electron chi connectivity index (χ0n) is 11.5. The summed E-state index contributed by atoms with van der Waals surface area (Å²) in [7, 11) is 0. The Morgan fingerprint density at radius 2 is 2.35 bits per heavy atom. The number of thioether (sulfide) groups is 1. The Kier molecular flexibility index (Phi) is 4.29. The van der Waals surface area contributed by atoms with Crippen molar-refractivity contribution in [3.63, 3.8) is 0 Å². The fourth-order valence-electron chi connectivity index (χ4n) is 3.04. The molecule has 2 fully saturated rings. The lowest BCUT2D eigenvalue weighted by atomic mass is 9.89. The van der Waals surface area contributed by atoms with Crippen LogP contribution in [0.5, 0.6) is 0 Å². The van der Waals surface area contributed by atoms with E-state index < -0.39 is 0 Å². The largest absolute Gasteiger partial charge is 0.382 e. The molecule has 2 aliphatic heterocycles. The predicted molar refractivity (Wildman–Crippen MR) is 86.1 cm³/mol. The molecule has 2 aliphatic rings. The maximum Gasteiger partial charge on any atom is 0.137 e. The summed E-state index contributed by atoms with van der Waals surface area (Å²) in [6.07, 6.45) is 3.22. The van der Waals surface area contributed by atoms with Gasteiger partial charge in [0.1, 0.15) is 5.82 Å². The van der Waals surface area contributed by atoms with E-state index in [-0.39, 0.29) is 11.4 Å². The van der Waals surface area contributed by atoms with E-state index in [0.29, 0.717) is 10.5 Å². The van der Waals surface area contributed by atoms with Crippen LogP contribution in [0.2, 0.25) is 0 Å².